The largest absolute Gasteiger partial charge is 0.481 e. The van der Waals surface area contributed by atoms with Gasteiger partial charge in [-0.3, -0.25) is 9.59 Å². The van der Waals surface area contributed by atoms with Crippen LogP contribution in [0.3, 0.4) is 0 Å². The second kappa shape index (κ2) is 10.6. The Kier molecular flexibility index (Phi) is 7.36. The van der Waals surface area contributed by atoms with E-state index in [1.807, 2.05) is 37.3 Å². The van der Waals surface area contributed by atoms with E-state index in [1.165, 1.54) is 36.1 Å². The number of amides is 1. The SMILES string of the molecule is Cc1oc(-c2ccccc2)cc1C(Nc1ccc(C(=O)N(C)CCC(=O)O)cc1)C1CCCC1. The maximum atomic E-state index is 12.6. The molecule has 178 valence electrons. The molecule has 3 aromatic rings. The van der Waals surface area contributed by atoms with E-state index in [9.17, 15) is 9.59 Å². The Labute approximate surface area is 200 Å². The highest BCUT2D eigenvalue weighted by Gasteiger charge is 2.29. The average Bonchev–Trinajstić information content (AvgIpc) is 3.52. The number of carbonyl (C=O) groups excluding carboxylic acids is 1. The minimum absolute atomic E-state index is 0.0695. The van der Waals surface area contributed by atoms with Crippen LogP contribution in [-0.4, -0.2) is 35.5 Å². The van der Waals surface area contributed by atoms with Gasteiger partial charge in [0.2, 0.25) is 0 Å². The number of aliphatic carboxylic acids is 1. The molecule has 1 heterocycles. The molecule has 6 nitrogen and oxygen atoms in total. The summed E-state index contributed by atoms with van der Waals surface area (Å²) in [6.45, 7) is 2.21. The molecule has 0 saturated heterocycles. The molecule has 2 N–H and O–H groups in total. The zero-order chi connectivity index (χ0) is 24.1. The summed E-state index contributed by atoms with van der Waals surface area (Å²) in [7, 11) is 1.62. The quantitative estimate of drug-likeness (QED) is 0.400. The van der Waals surface area contributed by atoms with Crippen molar-refractivity contribution in [3.05, 3.63) is 77.6 Å². The van der Waals surface area contributed by atoms with E-state index in [0.717, 1.165) is 22.8 Å². The van der Waals surface area contributed by atoms with Gasteiger partial charge < -0.3 is 19.7 Å². The first kappa shape index (κ1) is 23.6. The van der Waals surface area contributed by atoms with Crippen molar-refractivity contribution in [3.63, 3.8) is 0 Å². The summed E-state index contributed by atoms with van der Waals surface area (Å²) in [5.74, 6) is 1.22. The van der Waals surface area contributed by atoms with E-state index < -0.39 is 5.97 Å². The molecule has 34 heavy (non-hydrogen) atoms. The van der Waals surface area contributed by atoms with Gasteiger partial charge in [0.05, 0.1) is 12.5 Å². The van der Waals surface area contributed by atoms with E-state index in [-0.39, 0.29) is 24.9 Å². The molecule has 0 aliphatic heterocycles. The fourth-order valence-electron chi connectivity index (χ4n) is 4.76. The molecule has 1 saturated carbocycles. The number of rotatable bonds is 9. The summed E-state index contributed by atoms with van der Waals surface area (Å²) in [6.07, 6.45) is 4.75. The third-order valence-corrected chi connectivity index (χ3v) is 6.68. The molecule has 4 rings (SSSR count). The molecule has 2 aromatic carbocycles. The van der Waals surface area contributed by atoms with Crippen LogP contribution in [0, 0.1) is 12.8 Å². The lowest BCUT2D eigenvalue weighted by atomic mass is 9.91. The molecule has 6 heteroatoms. The monoisotopic (exact) mass is 460 g/mol. The van der Waals surface area contributed by atoms with Crippen molar-refractivity contribution in [1.82, 2.24) is 4.90 Å². The van der Waals surface area contributed by atoms with Crippen LogP contribution in [0.15, 0.2) is 65.1 Å². The van der Waals surface area contributed by atoms with E-state index in [2.05, 4.69) is 23.5 Å². The third-order valence-electron chi connectivity index (χ3n) is 6.68. The highest BCUT2D eigenvalue weighted by atomic mass is 16.4. The van der Waals surface area contributed by atoms with Gasteiger partial charge in [-0.25, -0.2) is 0 Å². The van der Waals surface area contributed by atoms with Gasteiger partial charge in [0.25, 0.3) is 5.91 Å². The van der Waals surface area contributed by atoms with Gasteiger partial charge >= 0.3 is 5.97 Å². The summed E-state index contributed by atoms with van der Waals surface area (Å²) in [5.41, 5.74) is 3.74. The van der Waals surface area contributed by atoms with Gasteiger partial charge in [0.1, 0.15) is 11.5 Å². The number of benzene rings is 2. The number of nitrogens with zero attached hydrogens (tertiary/aromatic N) is 1. The summed E-state index contributed by atoms with van der Waals surface area (Å²) in [5, 5.41) is 12.6. The molecule has 1 unspecified atom stereocenters. The fourth-order valence-corrected chi connectivity index (χ4v) is 4.76. The molecule has 1 atom stereocenters. The zero-order valence-corrected chi connectivity index (χ0v) is 19.8. The van der Waals surface area contributed by atoms with Crippen LogP contribution in [0.2, 0.25) is 0 Å². The van der Waals surface area contributed by atoms with Gasteiger partial charge in [-0.1, -0.05) is 43.2 Å². The van der Waals surface area contributed by atoms with Crippen molar-refractivity contribution in [2.45, 2.75) is 45.1 Å². The summed E-state index contributed by atoms with van der Waals surface area (Å²) in [4.78, 5) is 24.8. The number of furan rings is 1. The number of carbonyl (C=O) groups is 2. The number of nitrogens with one attached hydrogen (secondary N) is 1. The Balaban J connectivity index is 1.53. The van der Waals surface area contributed by atoms with Crippen LogP contribution >= 0.6 is 0 Å². The number of hydrogen-bond donors (Lipinski definition) is 2. The smallest absolute Gasteiger partial charge is 0.305 e. The first-order valence-electron chi connectivity index (χ1n) is 11.9. The van der Waals surface area contributed by atoms with Crippen LogP contribution in [0.4, 0.5) is 5.69 Å². The number of carboxylic acids is 1. The maximum Gasteiger partial charge on any atom is 0.305 e. The molecule has 1 amide bonds. The Morgan fingerprint density at radius 3 is 2.41 bits per heavy atom. The van der Waals surface area contributed by atoms with Crippen LogP contribution < -0.4 is 5.32 Å². The molecule has 1 aliphatic rings. The average molecular weight is 461 g/mol. The molecule has 1 aromatic heterocycles. The van der Waals surface area contributed by atoms with E-state index >= 15 is 0 Å². The van der Waals surface area contributed by atoms with Crippen LogP contribution in [0.1, 0.15) is 59.8 Å². The van der Waals surface area contributed by atoms with Crippen molar-refractivity contribution >= 4 is 17.6 Å². The minimum Gasteiger partial charge on any atom is -0.481 e. The zero-order valence-electron chi connectivity index (χ0n) is 19.8. The van der Waals surface area contributed by atoms with Crippen LogP contribution in [0.5, 0.6) is 0 Å². The fraction of sp³-hybridized carbons (Fsp3) is 0.357. The normalized spacial score (nSPS) is 14.6. The lowest BCUT2D eigenvalue weighted by Crippen LogP contribution is -2.29. The predicted molar refractivity (Wildman–Crippen MR) is 133 cm³/mol. The van der Waals surface area contributed by atoms with Gasteiger partial charge in [0.15, 0.2) is 0 Å². The van der Waals surface area contributed by atoms with E-state index in [1.54, 1.807) is 19.2 Å². The molecular formula is C28H32N2O4. The van der Waals surface area contributed by atoms with Crippen molar-refractivity contribution in [1.29, 1.82) is 0 Å². The first-order chi connectivity index (χ1) is 16.4. The van der Waals surface area contributed by atoms with Gasteiger partial charge in [-0.2, -0.15) is 0 Å². The van der Waals surface area contributed by atoms with Gasteiger partial charge in [-0.05, 0) is 56.0 Å². The van der Waals surface area contributed by atoms with Crippen molar-refractivity contribution in [2.75, 3.05) is 18.9 Å². The molecule has 0 bridgehead atoms. The topological polar surface area (TPSA) is 82.8 Å². The van der Waals surface area contributed by atoms with Crippen LogP contribution in [-0.2, 0) is 4.79 Å². The summed E-state index contributed by atoms with van der Waals surface area (Å²) < 4.78 is 6.16. The lowest BCUT2D eigenvalue weighted by Gasteiger charge is -2.26. The van der Waals surface area contributed by atoms with Crippen LogP contribution in [0.25, 0.3) is 11.3 Å². The Bertz CT molecular complexity index is 1120. The Morgan fingerprint density at radius 1 is 1.09 bits per heavy atom. The van der Waals surface area contributed by atoms with Crippen molar-refractivity contribution < 1.29 is 19.1 Å². The van der Waals surface area contributed by atoms with E-state index in [0.29, 0.717) is 11.5 Å². The van der Waals surface area contributed by atoms with E-state index in [4.69, 9.17) is 9.52 Å². The highest BCUT2D eigenvalue weighted by Crippen LogP contribution is 2.41. The Hall–Kier alpha value is -3.54. The minimum atomic E-state index is -0.915. The molecule has 1 aliphatic carbocycles. The number of aryl methyl sites for hydroxylation is 1. The molecule has 1 fully saturated rings. The standard InChI is InChI=1S/C28H32N2O4/c1-19-24(18-25(34-19)20-8-4-3-5-9-20)27(21-10-6-7-11-21)29-23-14-12-22(13-15-23)28(33)30(2)17-16-26(31)32/h3-5,8-9,12-15,18,21,27,29H,6-7,10-11,16-17H2,1-2H3,(H,31,32). The van der Waals surface area contributed by atoms with Crippen molar-refractivity contribution in [3.8, 4) is 11.3 Å². The Morgan fingerprint density at radius 2 is 1.76 bits per heavy atom. The number of carboxylic acid groups (broad SMARTS) is 1. The first-order valence-corrected chi connectivity index (χ1v) is 11.9. The second-order valence-electron chi connectivity index (χ2n) is 9.10. The number of hydrogen-bond acceptors (Lipinski definition) is 4. The molecule has 0 radical (unpaired) electrons. The third kappa shape index (κ3) is 5.50. The summed E-state index contributed by atoms with van der Waals surface area (Å²) in [6, 6.07) is 19.9. The molecular weight excluding hydrogens is 428 g/mol. The summed E-state index contributed by atoms with van der Waals surface area (Å²) >= 11 is 0. The van der Waals surface area contributed by atoms with Crippen molar-refractivity contribution in [2.24, 2.45) is 5.92 Å². The predicted octanol–water partition coefficient (Wildman–Crippen LogP) is 6.15. The van der Waals surface area contributed by atoms with Gasteiger partial charge in [-0.15, -0.1) is 0 Å². The van der Waals surface area contributed by atoms with Gasteiger partial charge in [0, 0.05) is 36.0 Å². The second-order valence-corrected chi connectivity index (χ2v) is 9.10. The molecule has 0 spiro atoms. The number of anilines is 1. The highest BCUT2D eigenvalue weighted by molar-refractivity contribution is 5.94. The lowest BCUT2D eigenvalue weighted by molar-refractivity contribution is -0.137. The maximum absolute atomic E-state index is 12.6.